The van der Waals surface area contributed by atoms with E-state index in [1.807, 2.05) is 13.2 Å². The van der Waals surface area contributed by atoms with Crippen molar-refractivity contribution in [2.24, 2.45) is 5.92 Å². The van der Waals surface area contributed by atoms with Crippen LogP contribution in [0.2, 0.25) is 0 Å². The first-order valence-electron chi connectivity index (χ1n) is 17.9. The third kappa shape index (κ3) is 15.1. The molecule has 270 valence electrons. The molecule has 3 rings (SSSR count). The van der Waals surface area contributed by atoms with Gasteiger partial charge in [0.15, 0.2) is 0 Å². The second kappa shape index (κ2) is 20.4. The van der Waals surface area contributed by atoms with Gasteiger partial charge in [-0.05, 0) is 64.7 Å². The molecular weight excluding hydrogens is 630 g/mol. The van der Waals surface area contributed by atoms with Crippen LogP contribution in [0.15, 0.2) is 36.0 Å². The Labute approximate surface area is 292 Å². The summed E-state index contributed by atoms with van der Waals surface area (Å²) in [6.07, 6.45) is 20.4. The number of nitrogens with one attached hydrogen (secondary N) is 1. The number of Topliss-reactive ketones (excluding diaryl/α,β-unsaturated/α-hetero) is 2. The zero-order chi connectivity index (χ0) is 35.1. The lowest BCUT2D eigenvalue weighted by Crippen LogP contribution is -2.50. The maximum absolute atomic E-state index is 12.8. The SMILES string of the molecule is CSCC(=O)CCCCCCCC(=O)C[C@@H]1C[C@@]2(CO2)C[C@@H](/C=C/C(C)=C/C[C@@H]2O[C@H](C)[C@H](NC(=O)/C=C\[C@H](C)OC(C)=O)C[C@@H]2C)O1. The van der Waals surface area contributed by atoms with E-state index in [2.05, 4.69) is 37.4 Å². The highest BCUT2D eigenvalue weighted by Gasteiger charge is 2.51. The second-order valence-corrected chi connectivity index (χ2v) is 14.9. The standard InChI is InChI=1S/C38H59NO8S/c1-26(15-18-36-27(2)20-35(29(4)46-36)39-37(43)19-16-28(3)45-30(5)40)14-17-33-22-38(25-44-38)23-34(47-33)21-31(41)12-10-8-7-9-11-13-32(42)24-48-6/h14-17,19,27-29,33-36H,7-13,18,20-25H2,1-6H3,(H,39,43)/b17-14+,19-16-,26-15+/t27-,28-,29+,33+,34+,35+,36-,38+/m0/s1. The monoisotopic (exact) mass is 689 g/mol. The van der Waals surface area contributed by atoms with E-state index in [0.717, 1.165) is 70.0 Å². The van der Waals surface area contributed by atoms with E-state index >= 15 is 0 Å². The highest BCUT2D eigenvalue weighted by molar-refractivity contribution is 7.99. The summed E-state index contributed by atoms with van der Waals surface area (Å²) in [5, 5.41) is 3.03. The number of hydrogen-bond donors (Lipinski definition) is 1. The van der Waals surface area contributed by atoms with Crippen molar-refractivity contribution in [2.75, 3.05) is 18.6 Å². The van der Waals surface area contributed by atoms with Gasteiger partial charge in [0.2, 0.25) is 5.91 Å². The molecule has 1 amide bonds. The molecule has 3 aliphatic rings. The lowest BCUT2D eigenvalue weighted by atomic mass is 9.88. The molecule has 3 fully saturated rings. The van der Waals surface area contributed by atoms with Gasteiger partial charge < -0.3 is 24.3 Å². The Morgan fingerprint density at radius 1 is 0.979 bits per heavy atom. The fourth-order valence-corrected chi connectivity index (χ4v) is 7.11. The Hall–Kier alpha value is -2.27. The van der Waals surface area contributed by atoms with Gasteiger partial charge in [-0.25, -0.2) is 0 Å². The molecule has 0 aliphatic carbocycles. The van der Waals surface area contributed by atoms with Gasteiger partial charge >= 0.3 is 5.97 Å². The summed E-state index contributed by atoms with van der Waals surface area (Å²) in [5.41, 5.74) is 0.981. The number of ether oxygens (including phenoxy) is 4. The average molecular weight is 690 g/mol. The van der Waals surface area contributed by atoms with E-state index in [9.17, 15) is 19.2 Å². The van der Waals surface area contributed by atoms with E-state index in [-0.39, 0.29) is 59.6 Å². The molecule has 3 saturated heterocycles. The van der Waals surface area contributed by atoms with Gasteiger partial charge in [-0.2, -0.15) is 11.8 Å². The molecule has 1 spiro atoms. The predicted octanol–water partition coefficient (Wildman–Crippen LogP) is 6.62. The average Bonchev–Trinajstić information content (AvgIpc) is 3.76. The molecule has 0 aromatic heterocycles. The topological polar surface area (TPSA) is 121 Å². The summed E-state index contributed by atoms with van der Waals surface area (Å²) in [6.45, 7) is 10.0. The van der Waals surface area contributed by atoms with Gasteiger partial charge in [-0.1, -0.05) is 50.0 Å². The van der Waals surface area contributed by atoms with Crippen LogP contribution in [0.1, 0.15) is 112 Å². The van der Waals surface area contributed by atoms with Crippen LogP contribution in [0, 0.1) is 5.92 Å². The Balaban J connectivity index is 1.38. The van der Waals surface area contributed by atoms with Crippen LogP contribution in [-0.4, -0.2) is 84.2 Å². The second-order valence-electron chi connectivity index (χ2n) is 14.1. The Morgan fingerprint density at radius 2 is 1.67 bits per heavy atom. The lowest BCUT2D eigenvalue weighted by Gasteiger charge is -2.39. The molecule has 48 heavy (non-hydrogen) atoms. The minimum Gasteiger partial charge on any atom is -0.459 e. The minimum atomic E-state index is -0.463. The number of carbonyl (C=O) groups excluding carboxylic acids is 4. The first kappa shape index (κ1) is 40.2. The smallest absolute Gasteiger partial charge is 0.303 e. The van der Waals surface area contributed by atoms with Gasteiger partial charge in [0.1, 0.15) is 17.7 Å². The Kier molecular flexibility index (Phi) is 17.1. The number of rotatable bonds is 20. The highest BCUT2D eigenvalue weighted by atomic mass is 32.2. The summed E-state index contributed by atoms with van der Waals surface area (Å²) in [6, 6.07) is -0.0971. The molecule has 9 nitrogen and oxygen atoms in total. The van der Waals surface area contributed by atoms with Crippen LogP contribution >= 0.6 is 11.8 Å². The van der Waals surface area contributed by atoms with Gasteiger partial charge in [-0.3, -0.25) is 19.2 Å². The third-order valence-electron chi connectivity index (χ3n) is 9.43. The van der Waals surface area contributed by atoms with Crippen LogP contribution in [0.25, 0.3) is 0 Å². The number of carbonyl (C=O) groups is 4. The molecule has 10 heteroatoms. The van der Waals surface area contributed by atoms with Crippen LogP contribution in [0.5, 0.6) is 0 Å². The number of amides is 1. The molecule has 8 atom stereocenters. The van der Waals surface area contributed by atoms with Crippen LogP contribution in [-0.2, 0) is 38.1 Å². The van der Waals surface area contributed by atoms with E-state index in [4.69, 9.17) is 18.9 Å². The zero-order valence-corrected chi connectivity index (χ0v) is 30.8. The number of thioether (sulfide) groups is 1. The molecule has 0 saturated carbocycles. The third-order valence-corrected chi connectivity index (χ3v) is 10.0. The Bertz CT molecular complexity index is 1160. The number of ketones is 2. The molecule has 0 aromatic carbocycles. The van der Waals surface area contributed by atoms with Crippen molar-refractivity contribution in [3.8, 4) is 0 Å². The first-order chi connectivity index (χ1) is 22.9. The fraction of sp³-hybridized carbons (Fsp3) is 0.737. The molecule has 0 unspecified atom stereocenters. The predicted molar refractivity (Wildman–Crippen MR) is 190 cm³/mol. The van der Waals surface area contributed by atoms with Crippen molar-refractivity contribution in [1.29, 1.82) is 0 Å². The quantitative estimate of drug-likeness (QED) is 0.0494. The molecule has 0 bridgehead atoms. The van der Waals surface area contributed by atoms with Gasteiger partial charge in [0, 0.05) is 45.1 Å². The molecule has 0 radical (unpaired) electrons. The number of epoxide rings is 1. The van der Waals surface area contributed by atoms with Crippen molar-refractivity contribution in [1.82, 2.24) is 5.32 Å². The van der Waals surface area contributed by atoms with Crippen molar-refractivity contribution in [3.05, 3.63) is 36.0 Å². The number of hydrogen-bond acceptors (Lipinski definition) is 9. The molecule has 1 N–H and O–H groups in total. The van der Waals surface area contributed by atoms with E-state index in [1.165, 1.54) is 13.0 Å². The van der Waals surface area contributed by atoms with Crippen LogP contribution in [0.3, 0.4) is 0 Å². The first-order valence-corrected chi connectivity index (χ1v) is 19.3. The normalized spacial score (nSPS) is 29.7. The number of esters is 1. The maximum Gasteiger partial charge on any atom is 0.303 e. The molecule has 3 aliphatic heterocycles. The van der Waals surface area contributed by atoms with Crippen LogP contribution in [0.4, 0.5) is 0 Å². The Morgan fingerprint density at radius 3 is 2.33 bits per heavy atom. The largest absolute Gasteiger partial charge is 0.459 e. The maximum atomic E-state index is 12.8. The van der Waals surface area contributed by atoms with Crippen LogP contribution < -0.4 is 5.32 Å². The van der Waals surface area contributed by atoms with Crippen molar-refractivity contribution < 1.29 is 38.1 Å². The summed E-state index contributed by atoms with van der Waals surface area (Å²) in [7, 11) is 0. The van der Waals surface area contributed by atoms with Gasteiger partial charge in [0.05, 0.1) is 48.4 Å². The van der Waals surface area contributed by atoms with E-state index in [0.29, 0.717) is 30.8 Å². The molecule has 3 heterocycles. The summed E-state index contributed by atoms with van der Waals surface area (Å²) < 4.78 is 23.6. The summed E-state index contributed by atoms with van der Waals surface area (Å²) >= 11 is 1.58. The minimum absolute atomic E-state index is 0.0506. The van der Waals surface area contributed by atoms with Gasteiger partial charge in [-0.15, -0.1) is 0 Å². The van der Waals surface area contributed by atoms with Crippen molar-refractivity contribution >= 4 is 35.2 Å². The highest BCUT2D eigenvalue weighted by Crippen LogP contribution is 2.43. The number of allylic oxidation sites excluding steroid dienone is 2. The summed E-state index contributed by atoms with van der Waals surface area (Å²) in [4.78, 5) is 47.9. The summed E-state index contributed by atoms with van der Waals surface area (Å²) in [5.74, 6) is 0.850. The van der Waals surface area contributed by atoms with E-state index in [1.54, 1.807) is 24.8 Å². The van der Waals surface area contributed by atoms with Crippen molar-refractivity contribution in [3.63, 3.8) is 0 Å². The van der Waals surface area contributed by atoms with Crippen molar-refractivity contribution in [2.45, 2.75) is 154 Å². The zero-order valence-electron chi connectivity index (χ0n) is 30.0. The lowest BCUT2D eigenvalue weighted by molar-refractivity contribution is -0.143. The fourth-order valence-electron chi connectivity index (χ4n) is 6.64. The van der Waals surface area contributed by atoms with E-state index < -0.39 is 6.10 Å². The molecular formula is C38H59NO8S. The van der Waals surface area contributed by atoms with Gasteiger partial charge in [0.25, 0.3) is 0 Å². The molecule has 0 aromatic rings. The number of unbranched alkanes of at least 4 members (excludes halogenated alkanes) is 4.